The highest BCUT2D eigenvalue weighted by Gasteiger charge is 2.33. The highest BCUT2D eigenvalue weighted by Crippen LogP contribution is 2.42. The molecule has 0 aromatic heterocycles. The van der Waals surface area contributed by atoms with Gasteiger partial charge in [0.2, 0.25) is 5.91 Å². The molecular weight excluding hydrogens is 212 g/mol. The highest BCUT2D eigenvalue weighted by molar-refractivity contribution is 5.75. The zero-order chi connectivity index (χ0) is 12.7. The maximum atomic E-state index is 11.1. The van der Waals surface area contributed by atoms with Crippen LogP contribution in [0.1, 0.15) is 52.4 Å². The van der Waals surface area contributed by atoms with Crippen molar-refractivity contribution in [3.05, 3.63) is 0 Å². The molecule has 2 N–H and O–H groups in total. The molecule has 0 aromatic rings. The first-order valence-electron chi connectivity index (χ1n) is 6.99. The monoisotopic (exact) mass is 240 g/mol. The number of rotatable bonds is 7. The molecule has 0 bridgehead atoms. The average molecular weight is 240 g/mol. The summed E-state index contributed by atoms with van der Waals surface area (Å²) < 4.78 is 0. The van der Waals surface area contributed by atoms with Gasteiger partial charge < -0.3 is 10.6 Å². The Morgan fingerprint density at radius 3 is 2.47 bits per heavy atom. The summed E-state index contributed by atoms with van der Waals surface area (Å²) in [4.78, 5) is 11.1. The standard InChI is InChI=1S/C14H28N2O/c1-12(2)10-14(7-4-5-8-14)11-16-9-6-13(17)15-3/h12,16H,4-11H2,1-3H3,(H,15,17). The lowest BCUT2D eigenvalue weighted by molar-refractivity contribution is -0.120. The van der Waals surface area contributed by atoms with Gasteiger partial charge in [0.25, 0.3) is 0 Å². The van der Waals surface area contributed by atoms with Gasteiger partial charge in [0.05, 0.1) is 0 Å². The third-order valence-corrected chi connectivity index (χ3v) is 3.81. The van der Waals surface area contributed by atoms with E-state index in [-0.39, 0.29) is 5.91 Å². The zero-order valence-corrected chi connectivity index (χ0v) is 11.6. The lowest BCUT2D eigenvalue weighted by atomic mass is 9.78. The predicted octanol–water partition coefficient (Wildman–Crippen LogP) is 2.32. The van der Waals surface area contributed by atoms with Crippen molar-refractivity contribution in [3.8, 4) is 0 Å². The van der Waals surface area contributed by atoms with Crippen LogP contribution in [0.3, 0.4) is 0 Å². The van der Waals surface area contributed by atoms with E-state index in [1.54, 1.807) is 7.05 Å². The molecule has 0 saturated heterocycles. The van der Waals surface area contributed by atoms with Crippen LogP contribution in [0.25, 0.3) is 0 Å². The molecule has 0 aliphatic heterocycles. The second-order valence-corrected chi connectivity index (χ2v) is 5.91. The molecule has 0 radical (unpaired) electrons. The van der Waals surface area contributed by atoms with E-state index in [2.05, 4.69) is 24.5 Å². The van der Waals surface area contributed by atoms with E-state index in [9.17, 15) is 4.79 Å². The minimum absolute atomic E-state index is 0.127. The molecule has 0 unspecified atom stereocenters. The SMILES string of the molecule is CNC(=O)CCNCC1(CC(C)C)CCCC1. The van der Waals surface area contributed by atoms with Crippen molar-refractivity contribution < 1.29 is 4.79 Å². The maximum absolute atomic E-state index is 11.1. The quantitative estimate of drug-likeness (QED) is 0.671. The van der Waals surface area contributed by atoms with Gasteiger partial charge in [0, 0.05) is 26.6 Å². The molecule has 100 valence electrons. The van der Waals surface area contributed by atoms with E-state index in [0.29, 0.717) is 11.8 Å². The van der Waals surface area contributed by atoms with Crippen LogP contribution in [0.5, 0.6) is 0 Å². The summed E-state index contributed by atoms with van der Waals surface area (Å²) in [5, 5.41) is 6.13. The minimum Gasteiger partial charge on any atom is -0.359 e. The van der Waals surface area contributed by atoms with Gasteiger partial charge in [0.1, 0.15) is 0 Å². The second-order valence-electron chi connectivity index (χ2n) is 5.91. The number of carbonyl (C=O) groups excluding carboxylic acids is 1. The first kappa shape index (κ1) is 14.5. The number of carbonyl (C=O) groups is 1. The summed E-state index contributed by atoms with van der Waals surface area (Å²) in [6.45, 7) is 6.51. The van der Waals surface area contributed by atoms with E-state index >= 15 is 0 Å². The fourth-order valence-electron chi connectivity index (χ4n) is 3.12. The molecule has 3 heteroatoms. The van der Waals surface area contributed by atoms with Crippen LogP contribution in [-0.4, -0.2) is 26.0 Å². The summed E-state index contributed by atoms with van der Waals surface area (Å²) in [6, 6.07) is 0. The van der Waals surface area contributed by atoms with E-state index in [0.717, 1.165) is 19.0 Å². The molecule has 3 nitrogen and oxygen atoms in total. The van der Waals surface area contributed by atoms with E-state index in [1.165, 1.54) is 32.1 Å². The smallest absolute Gasteiger partial charge is 0.221 e. The van der Waals surface area contributed by atoms with Gasteiger partial charge in [-0.15, -0.1) is 0 Å². The summed E-state index contributed by atoms with van der Waals surface area (Å²) in [5.41, 5.74) is 0.511. The number of amides is 1. The van der Waals surface area contributed by atoms with Crippen molar-refractivity contribution in [3.63, 3.8) is 0 Å². The Labute approximate surface area is 106 Å². The average Bonchev–Trinajstić information content (AvgIpc) is 2.72. The molecule has 0 heterocycles. The minimum atomic E-state index is 0.127. The molecule has 1 aliphatic carbocycles. The van der Waals surface area contributed by atoms with Crippen LogP contribution in [0.2, 0.25) is 0 Å². The Morgan fingerprint density at radius 1 is 1.29 bits per heavy atom. The second kappa shape index (κ2) is 7.00. The Kier molecular flexibility index (Phi) is 5.96. The molecule has 1 aliphatic rings. The number of hydrogen-bond acceptors (Lipinski definition) is 2. The number of nitrogens with one attached hydrogen (secondary N) is 2. The topological polar surface area (TPSA) is 41.1 Å². The van der Waals surface area contributed by atoms with E-state index in [1.807, 2.05) is 0 Å². The summed E-state index contributed by atoms with van der Waals surface area (Å²) in [5.74, 6) is 0.899. The first-order chi connectivity index (χ1) is 8.08. The van der Waals surface area contributed by atoms with Gasteiger partial charge in [-0.3, -0.25) is 4.79 Å². The van der Waals surface area contributed by atoms with Crippen LogP contribution in [0.15, 0.2) is 0 Å². The lowest BCUT2D eigenvalue weighted by Crippen LogP contribution is -2.35. The van der Waals surface area contributed by atoms with Gasteiger partial charge in [-0.1, -0.05) is 26.7 Å². The van der Waals surface area contributed by atoms with Crippen molar-refractivity contribution in [2.24, 2.45) is 11.3 Å². The Balaban J connectivity index is 2.27. The molecule has 0 aromatic carbocycles. The summed E-state index contributed by atoms with van der Waals surface area (Å²) in [6.07, 6.45) is 7.39. The molecular formula is C14H28N2O. The molecule has 1 rings (SSSR count). The first-order valence-corrected chi connectivity index (χ1v) is 6.99. The van der Waals surface area contributed by atoms with E-state index < -0.39 is 0 Å². The Hall–Kier alpha value is -0.570. The van der Waals surface area contributed by atoms with Gasteiger partial charge in [-0.2, -0.15) is 0 Å². The van der Waals surface area contributed by atoms with E-state index in [4.69, 9.17) is 0 Å². The molecule has 1 fully saturated rings. The molecule has 0 atom stereocenters. The predicted molar refractivity (Wildman–Crippen MR) is 71.9 cm³/mol. The maximum Gasteiger partial charge on any atom is 0.221 e. The summed E-state index contributed by atoms with van der Waals surface area (Å²) in [7, 11) is 1.69. The fraction of sp³-hybridized carbons (Fsp3) is 0.929. The van der Waals surface area contributed by atoms with Gasteiger partial charge >= 0.3 is 0 Å². The van der Waals surface area contributed by atoms with Gasteiger partial charge in [-0.25, -0.2) is 0 Å². The fourth-order valence-corrected chi connectivity index (χ4v) is 3.12. The molecule has 1 amide bonds. The third-order valence-electron chi connectivity index (χ3n) is 3.81. The number of hydrogen-bond donors (Lipinski definition) is 2. The van der Waals surface area contributed by atoms with Crippen LogP contribution >= 0.6 is 0 Å². The van der Waals surface area contributed by atoms with Crippen LogP contribution in [0.4, 0.5) is 0 Å². The van der Waals surface area contributed by atoms with Crippen LogP contribution < -0.4 is 10.6 Å². The molecule has 0 spiro atoms. The molecule has 17 heavy (non-hydrogen) atoms. The van der Waals surface area contributed by atoms with Crippen LogP contribution in [0, 0.1) is 11.3 Å². The largest absolute Gasteiger partial charge is 0.359 e. The zero-order valence-electron chi connectivity index (χ0n) is 11.6. The van der Waals surface area contributed by atoms with Crippen molar-refractivity contribution in [2.45, 2.75) is 52.4 Å². The van der Waals surface area contributed by atoms with Crippen molar-refractivity contribution in [1.82, 2.24) is 10.6 Å². The van der Waals surface area contributed by atoms with Crippen LogP contribution in [-0.2, 0) is 4.79 Å². The lowest BCUT2D eigenvalue weighted by Gasteiger charge is -2.31. The van der Waals surface area contributed by atoms with Crippen molar-refractivity contribution >= 4 is 5.91 Å². The molecule has 1 saturated carbocycles. The summed E-state index contributed by atoms with van der Waals surface area (Å²) >= 11 is 0. The van der Waals surface area contributed by atoms with Crippen molar-refractivity contribution in [2.75, 3.05) is 20.1 Å². The van der Waals surface area contributed by atoms with Gasteiger partial charge in [-0.05, 0) is 30.6 Å². The van der Waals surface area contributed by atoms with Crippen molar-refractivity contribution in [1.29, 1.82) is 0 Å². The normalized spacial score (nSPS) is 18.6. The van der Waals surface area contributed by atoms with Gasteiger partial charge in [0.15, 0.2) is 0 Å². The third kappa shape index (κ3) is 5.07. The Morgan fingerprint density at radius 2 is 1.94 bits per heavy atom. The highest BCUT2D eigenvalue weighted by atomic mass is 16.1. The Bertz CT molecular complexity index is 232.